The third-order valence-corrected chi connectivity index (χ3v) is 5.37. The number of hydrogen-bond donors (Lipinski definition) is 0. The minimum atomic E-state index is 0.759. The molecule has 1 aliphatic rings. The first kappa shape index (κ1) is 14.6. The number of thiophene rings is 1. The standard InChI is InChI=1S/C18H19N3OS/c1-12-3-4-14(9-13(12)2)15-10-23-18-16(15)17(19-11-20-18)21-5-7-22-8-6-21/h3-4,9-11H,5-8H2,1-2H3. The summed E-state index contributed by atoms with van der Waals surface area (Å²) in [6.45, 7) is 7.59. The molecule has 2 aromatic heterocycles. The summed E-state index contributed by atoms with van der Waals surface area (Å²) in [6.07, 6.45) is 1.67. The van der Waals surface area contributed by atoms with Gasteiger partial charge in [0.25, 0.3) is 0 Å². The highest BCUT2D eigenvalue weighted by Gasteiger charge is 2.19. The van der Waals surface area contributed by atoms with Crippen molar-refractivity contribution in [1.82, 2.24) is 9.97 Å². The maximum absolute atomic E-state index is 5.48. The van der Waals surface area contributed by atoms with Gasteiger partial charge in [-0.1, -0.05) is 18.2 Å². The normalized spacial score (nSPS) is 15.3. The molecule has 118 valence electrons. The molecule has 3 heterocycles. The fourth-order valence-corrected chi connectivity index (χ4v) is 3.91. The number of hydrogen-bond acceptors (Lipinski definition) is 5. The Balaban J connectivity index is 1.88. The van der Waals surface area contributed by atoms with Crippen molar-refractivity contribution in [2.75, 3.05) is 31.2 Å². The van der Waals surface area contributed by atoms with Crippen molar-refractivity contribution in [3.63, 3.8) is 0 Å². The quantitative estimate of drug-likeness (QED) is 0.718. The second-order valence-electron chi connectivity index (χ2n) is 5.93. The summed E-state index contributed by atoms with van der Waals surface area (Å²) < 4.78 is 5.48. The molecule has 3 aromatic rings. The molecule has 23 heavy (non-hydrogen) atoms. The highest BCUT2D eigenvalue weighted by atomic mass is 32.1. The zero-order valence-corrected chi connectivity index (χ0v) is 14.2. The molecule has 1 saturated heterocycles. The molecule has 0 amide bonds. The largest absolute Gasteiger partial charge is 0.378 e. The molecular formula is C18H19N3OS. The fourth-order valence-electron chi connectivity index (χ4n) is 3.00. The summed E-state index contributed by atoms with van der Waals surface area (Å²) in [4.78, 5) is 12.4. The molecule has 4 rings (SSSR count). The average Bonchev–Trinajstić information content (AvgIpc) is 3.02. The van der Waals surface area contributed by atoms with Crippen molar-refractivity contribution < 1.29 is 4.74 Å². The second-order valence-corrected chi connectivity index (χ2v) is 6.78. The Hall–Kier alpha value is -1.98. The van der Waals surface area contributed by atoms with Gasteiger partial charge in [-0.25, -0.2) is 9.97 Å². The molecule has 0 bridgehead atoms. The monoisotopic (exact) mass is 325 g/mol. The first-order valence-electron chi connectivity index (χ1n) is 7.86. The van der Waals surface area contributed by atoms with E-state index in [1.165, 1.54) is 27.6 Å². The highest BCUT2D eigenvalue weighted by Crippen LogP contribution is 2.38. The lowest BCUT2D eigenvalue weighted by Crippen LogP contribution is -2.36. The van der Waals surface area contributed by atoms with Crippen LogP contribution in [0.1, 0.15) is 11.1 Å². The number of fused-ring (bicyclic) bond motifs is 1. The lowest BCUT2D eigenvalue weighted by atomic mass is 10.0. The van der Waals surface area contributed by atoms with E-state index in [1.54, 1.807) is 17.7 Å². The van der Waals surface area contributed by atoms with Crippen LogP contribution >= 0.6 is 11.3 Å². The zero-order valence-electron chi connectivity index (χ0n) is 13.4. The number of ether oxygens (including phenoxy) is 1. The molecule has 0 aliphatic carbocycles. The molecular weight excluding hydrogens is 306 g/mol. The summed E-state index contributed by atoms with van der Waals surface area (Å²) in [7, 11) is 0. The molecule has 0 radical (unpaired) electrons. The van der Waals surface area contributed by atoms with E-state index in [1.807, 2.05) is 0 Å². The van der Waals surface area contributed by atoms with E-state index in [0.717, 1.165) is 37.0 Å². The summed E-state index contributed by atoms with van der Waals surface area (Å²) >= 11 is 1.69. The van der Waals surface area contributed by atoms with Gasteiger partial charge in [0.05, 0.1) is 18.6 Å². The number of nitrogens with zero attached hydrogens (tertiary/aromatic N) is 3. The SMILES string of the molecule is Cc1ccc(-c2csc3ncnc(N4CCOCC4)c23)cc1C. The minimum absolute atomic E-state index is 0.759. The molecule has 1 aromatic carbocycles. The molecule has 0 unspecified atom stereocenters. The highest BCUT2D eigenvalue weighted by molar-refractivity contribution is 7.17. The van der Waals surface area contributed by atoms with E-state index < -0.39 is 0 Å². The Bertz CT molecular complexity index is 853. The summed E-state index contributed by atoms with van der Waals surface area (Å²) in [5.74, 6) is 1.03. The van der Waals surface area contributed by atoms with Gasteiger partial charge >= 0.3 is 0 Å². The first-order valence-corrected chi connectivity index (χ1v) is 8.74. The van der Waals surface area contributed by atoms with Crippen LogP contribution in [-0.2, 0) is 4.74 Å². The van der Waals surface area contributed by atoms with Gasteiger partial charge in [-0.3, -0.25) is 0 Å². The fraction of sp³-hybridized carbons (Fsp3) is 0.333. The Morgan fingerprint density at radius 2 is 1.91 bits per heavy atom. The van der Waals surface area contributed by atoms with E-state index in [2.05, 4.69) is 52.3 Å². The predicted molar refractivity (Wildman–Crippen MR) is 95.4 cm³/mol. The lowest BCUT2D eigenvalue weighted by molar-refractivity contribution is 0.122. The number of benzene rings is 1. The third kappa shape index (κ3) is 2.60. The molecule has 5 heteroatoms. The number of anilines is 1. The van der Waals surface area contributed by atoms with Crippen molar-refractivity contribution >= 4 is 27.4 Å². The molecule has 0 saturated carbocycles. The Kier molecular flexibility index (Phi) is 3.75. The lowest BCUT2D eigenvalue weighted by Gasteiger charge is -2.28. The number of rotatable bonds is 2. The summed E-state index contributed by atoms with van der Waals surface area (Å²) in [5, 5.41) is 3.37. The number of aryl methyl sites for hydroxylation is 2. The van der Waals surface area contributed by atoms with Gasteiger partial charge in [-0.05, 0) is 30.5 Å². The topological polar surface area (TPSA) is 38.2 Å². The third-order valence-electron chi connectivity index (χ3n) is 4.48. The molecule has 1 fully saturated rings. The van der Waals surface area contributed by atoms with E-state index in [-0.39, 0.29) is 0 Å². The van der Waals surface area contributed by atoms with E-state index >= 15 is 0 Å². The van der Waals surface area contributed by atoms with Gasteiger partial charge in [0.2, 0.25) is 0 Å². The van der Waals surface area contributed by atoms with Crippen molar-refractivity contribution in [2.45, 2.75) is 13.8 Å². The summed E-state index contributed by atoms with van der Waals surface area (Å²) in [5.41, 5.74) is 5.10. The van der Waals surface area contributed by atoms with Crippen LogP contribution < -0.4 is 4.90 Å². The van der Waals surface area contributed by atoms with Crippen molar-refractivity contribution in [1.29, 1.82) is 0 Å². The Morgan fingerprint density at radius 1 is 1.09 bits per heavy atom. The van der Waals surface area contributed by atoms with Gasteiger partial charge in [0, 0.05) is 24.0 Å². The van der Waals surface area contributed by atoms with Crippen LogP contribution in [0, 0.1) is 13.8 Å². The zero-order chi connectivity index (χ0) is 15.8. The maximum Gasteiger partial charge on any atom is 0.141 e. The van der Waals surface area contributed by atoms with Gasteiger partial charge < -0.3 is 9.64 Å². The van der Waals surface area contributed by atoms with Crippen LogP contribution in [0.2, 0.25) is 0 Å². The molecule has 0 N–H and O–H groups in total. The van der Waals surface area contributed by atoms with Gasteiger partial charge in [0.1, 0.15) is 17.0 Å². The van der Waals surface area contributed by atoms with Crippen LogP contribution in [0.25, 0.3) is 21.3 Å². The number of morpholine rings is 1. The average molecular weight is 325 g/mol. The predicted octanol–water partition coefficient (Wildman–Crippen LogP) is 3.81. The Morgan fingerprint density at radius 3 is 2.70 bits per heavy atom. The van der Waals surface area contributed by atoms with Gasteiger partial charge in [-0.2, -0.15) is 0 Å². The van der Waals surface area contributed by atoms with Crippen LogP contribution in [0.5, 0.6) is 0 Å². The van der Waals surface area contributed by atoms with E-state index in [9.17, 15) is 0 Å². The van der Waals surface area contributed by atoms with E-state index in [0.29, 0.717) is 0 Å². The molecule has 0 spiro atoms. The van der Waals surface area contributed by atoms with Crippen LogP contribution in [0.15, 0.2) is 29.9 Å². The minimum Gasteiger partial charge on any atom is -0.378 e. The van der Waals surface area contributed by atoms with Gasteiger partial charge in [0.15, 0.2) is 0 Å². The maximum atomic E-state index is 5.48. The molecule has 1 aliphatic heterocycles. The van der Waals surface area contributed by atoms with E-state index in [4.69, 9.17) is 4.74 Å². The first-order chi connectivity index (χ1) is 11.2. The summed E-state index contributed by atoms with van der Waals surface area (Å²) in [6, 6.07) is 6.64. The van der Waals surface area contributed by atoms with Crippen LogP contribution in [0.4, 0.5) is 5.82 Å². The van der Waals surface area contributed by atoms with Crippen molar-refractivity contribution in [3.8, 4) is 11.1 Å². The van der Waals surface area contributed by atoms with Crippen molar-refractivity contribution in [3.05, 3.63) is 41.0 Å². The second kappa shape index (κ2) is 5.91. The molecule has 0 atom stereocenters. The Labute approximate surface area is 139 Å². The molecule has 4 nitrogen and oxygen atoms in total. The van der Waals surface area contributed by atoms with Crippen molar-refractivity contribution in [2.24, 2.45) is 0 Å². The van der Waals surface area contributed by atoms with Gasteiger partial charge in [-0.15, -0.1) is 11.3 Å². The number of aromatic nitrogens is 2. The smallest absolute Gasteiger partial charge is 0.141 e. The van der Waals surface area contributed by atoms with Crippen LogP contribution in [0.3, 0.4) is 0 Å². The van der Waals surface area contributed by atoms with Crippen LogP contribution in [-0.4, -0.2) is 36.3 Å².